The summed E-state index contributed by atoms with van der Waals surface area (Å²) in [5.74, 6) is 1.52. The third-order valence-corrected chi connectivity index (χ3v) is 7.60. The molecule has 0 N–H and O–H groups in total. The van der Waals surface area contributed by atoms with Gasteiger partial charge in [-0.1, -0.05) is 30.3 Å². The van der Waals surface area contributed by atoms with E-state index >= 15 is 0 Å². The van der Waals surface area contributed by atoms with Crippen LogP contribution >= 0.6 is 0 Å². The van der Waals surface area contributed by atoms with Crippen LogP contribution in [0.15, 0.2) is 30.3 Å². The molecule has 0 aromatic heterocycles. The molecule has 4 rings (SSSR count). The van der Waals surface area contributed by atoms with Gasteiger partial charge in [-0.25, -0.2) is 0 Å². The molecule has 2 amide bonds. The van der Waals surface area contributed by atoms with Gasteiger partial charge in [-0.15, -0.1) is 0 Å². The number of likely N-dealkylation sites (tertiary alicyclic amines) is 3. The van der Waals surface area contributed by atoms with Crippen molar-refractivity contribution in [3.63, 3.8) is 0 Å². The smallest absolute Gasteiger partial charge is 0.225 e. The van der Waals surface area contributed by atoms with Crippen LogP contribution in [0.4, 0.5) is 0 Å². The molecule has 3 aliphatic heterocycles. The first-order chi connectivity index (χ1) is 14.6. The summed E-state index contributed by atoms with van der Waals surface area (Å²) in [7, 11) is 0. The first kappa shape index (κ1) is 21.4. The summed E-state index contributed by atoms with van der Waals surface area (Å²) in [5.41, 5.74) is 1.42. The Kier molecular flexibility index (Phi) is 7.08. The average molecular weight is 412 g/mol. The highest BCUT2D eigenvalue weighted by molar-refractivity contribution is 5.79. The second-order valence-corrected chi connectivity index (χ2v) is 9.51. The molecule has 3 heterocycles. The van der Waals surface area contributed by atoms with Gasteiger partial charge < -0.3 is 14.7 Å². The van der Waals surface area contributed by atoms with Gasteiger partial charge in [0.2, 0.25) is 11.8 Å². The van der Waals surface area contributed by atoms with Crippen molar-refractivity contribution in [1.82, 2.24) is 14.7 Å². The maximum Gasteiger partial charge on any atom is 0.225 e. The molecular formula is C25H37N3O2. The molecular weight excluding hydrogens is 374 g/mol. The van der Waals surface area contributed by atoms with E-state index in [2.05, 4.69) is 40.1 Å². The van der Waals surface area contributed by atoms with Crippen molar-refractivity contribution < 1.29 is 9.59 Å². The van der Waals surface area contributed by atoms with Crippen molar-refractivity contribution in [2.45, 2.75) is 57.9 Å². The lowest BCUT2D eigenvalue weighted by atomic mass is 9.88. The van der Waals surface area contributed by atoms with Gasteiger partial charge in [-0.3, -0.25) is 9.59 Å². The molecule has 30 heavy (non-hydrogen) atoms. The second-order valence-electron chi connectivity index (χ2n) is 9.51. The minimum Gasteiger partial charge on any atom is -0.343 e. The molecule has 0 unspecified atom stereocenters. The molecule has 5 heteroatoms. The van der Waals surface area contributed by atoms with Gasteiger partial charge >= 0.3 is 0 Å². The Bertz CT molecular complexity index is 698. The number of carbonyl (C=O) groups is 2. The number of rotatable bonds is 4. The molecule has 5 nitrogen and oxygen atoms in total. The van der Waals surface area contributed by atoms with Crippen LogP contribution in [0.5, 0.6) is 0 Å². The van der Waals surface area contributed by atoms with Crippen LogP contribution < -0.4 is 0 Å². The fraction of sp³-hybridized carbons (Fsp3) is 0.680. The van der Waals surface area contributed by atoms with Crippen molar-refractivity contribution >= 4 is 11.8 Å². The van der Waals surface area contributed by atoms with Gasteiger partial charge in [0.15, 0.2) is 0 Å². The quantitative estimate of drug-likeness (QED) is 0.764. The standard InChI is InChI=1S/C25H37N3O2/c1-20(29)26-17-11-24(12-18-26)27-15-9-23(10-16-27)25(30)28-13-7-22(8-14-28)19-21-5-3-2-4-6-21/h2-6,22-24H,7-19H2,1H3. The van der Waals surface area contributed by atoms with E-state index in [9.17, 15) is 9.59 Å². The van der Waals surface area contributed by atoms with E-state index in [4.69, 9.17) is 0 Å². The van der Waals surface area contributed by atoms with Crippen molar-refractivity contribution in [1.29, 1.82) is 0 Å². The van der Waals surface area contributed by atoms with Crippen molar-refractivity contribution in [2.75, 3.05) is 39.3 Å². The van der Waals surface area contributed by atoms with E-state index in [0.29, 0.717) is 17.9 Å². The summed E-state index contributed by atoms with van der Waals surface area (Å²) in [6.07, 6.45) is 7.55. The van der Waals surface area contributed by atoms with Crippen molar-refractivity contribution in [3.05, 3.63) is 35.9 Å². The SMILES string of the molecule is CC(=O)N1CCC(N2CCC(C(=O)N3CCC(Cc4ccccc4)CC3)CC2)CC1. The first-order valence-electron chi connectivity index (χ1n) is 11.9. The van der Waals surface area contributed by atoms with Gasteiger partial charge in [0.05, 0.1) is 0 Å². The molecule has 1 aromatic carbocycles. The minimum atomic E-state index is 0.199. The van der Waals surface area contributed by atoms with Crippen LogP contribution in [-0.4, -0.2) is 71.8 Å². The summed E-state index contributed by atoms with van der Waals surface area (Å²) in [5, 5.41) is 0. The maximum atomic E-state index is 13.1. The molecule has 1 aromatic rings. The highest BCUT2D eigenvalue weighted by Gasteiger charge is 2.33. The lowest BCUT2D eigenvalue weighted by molar-refractivity contribution is -0.139. The Hall–Kier alpha value is -1.88. The number of hydrogen-bond acceptors (Lipinski definition) is 3. The van der Waals surface area contributed by atoms with Crippen molar-refractivity contribution in [3.8, 4) is 0 Å². The average Bonchev–Trinajstić information content (AvgIpc) is 2.80. The van der Waals surface area contributed by atoms with E-state index < -0.39 is 0 Å². The van der Waals surface area contributed by atoms with Crippen molar-refractivity contribution in [2.24, 2.45) is 11.8 Å². The molecule has 0 spiro atoms. The molecule has 3 fully saturated rings. The van der Waals surface area contributed by atoms with E-state index in [0.717, 1.165) is 84.2 Å². The number of benzene rings is 1. The van der Waals surface area contributed by atoms with Crippen LogP contribution in [0.2, 0.25) is 0 Å². The Labute approximate surface area is 181 Å². The zero-order valence-corrected chi connectivity index (χ0v) is 18.5. The first-order valence-corrected chi connectivity index (χ1v) is 11.9. The topological polar surface area (TPSA) is 43.9 Å². The number of piperidine rings is 3. The van der Waals surface area contributed by atoms with Gasteiger partial charge in [0.1, 0.15) is 0 Å². The molecule has 164 valence electrons. The Morgan fingerprint density at radius 3 is 2.00 bits per heavy atom. The van der Waals surface area contributed by atoms with Gasteiger partial charge in [-0.05, 0) is 69.5 Å². The molecule has 0 bridgehead atoms. The monoisotopic (exact) mass is 411 g/mol. The molecule has 0 atom stereocenters. The Morgan fingerprint density at radius 1 is 0.800 bits per heavy atom. The summed E-state index contributed by atoms with van der Waals surface area (Å²) >= 11 is 0. The normalized spacial score (nSPS) is 23.0. The predicted octanol–water partition coefficient (Wildman–Crippen LogP) is 3.19. The summed E-state index contributed by atoms with van der Waals surface area (Å²) < 4.78 is 0. The van der Waals surface area contributed by atoms with E-state index in [1.165, 1.54) is 5.56 Å². The fourth-order valence-electron chi connectivity index (χ4n) is 5.62. The number of nitrogens with zero attached hydrogens (tertiary/aromatic N) is 3. The highest BCUT2D eigenvalue weighted by Crippen LogP contribution is 2.28. The fourth-order valence-corrected chi connectivity index (χ4v) is 5.62. The Balaban J connectivity index is 1.18. The summed E-state index contributed by atoms with van der Waals surface area (Å²) in [6.45, 7) is 7.37. The lowest BCUT2D eigenvalue weighted by Gasteiger charge is -2.42. The largest absolute Gasteiger partial charge is 0.343 e. The summed E-state index contributed by atoms with van der Waals surface area (Å²) in [6, 6.07) is 11.3. The molecule has 0 saturated carbocycles. The van der Waals surface area contributed by atoms with Gasteiger partial charge in [-0.2, -0.15) is 0 Å². The second kappa shape index (κ2) is 9.95. The minimum absolute atomic E-state index is 0.199. The zero-order valence-electron chi connectivity index (χ0n) is 18.5. The number of hydrogen-bond donors (Lipinski definition) is 0. The van der Waals surface area contributed by atoms with Gasteiger partial charge in [0, 0.05) is 45.1 Å². The summed E-state index contributed by atoms with van der Waals surface area (Å²) in [4.78, 5) is 31.3. The predicted molar refractivity (Wildman–Crippen MR) is 119 cm³/mol. The van der Waals surface area contributed by atoms with Crippen LogP contribution in [0, 0.1) is 11.8 Å². The Morgan fingerprint density at radius 2 is 1.40 bits per heavy atom. The van der Waals surface area contributed by atoms with E-state index in [-0.39, 0.29) is 11.8 Å². The maximum absolute atomic E-state index is 13.1. The van der Waals surface area contributed by atoms with E-state index in [1.807, 2.05) is 4.90 Å². The third-order valence-electron chi connectivity index (χ3n) is 7.60. The molecule has 0 aliphatic carbocycles. The lowest BCUT2D eigenvalue weighted by Crippen LogP contribution is -2.50. The highest BCUT2D eigenvalue weighted by atomic mass is 16.2. The van der Waals surface area contributed by atoms with Crippen LogP contribution in [0.1, 0.15) is 51.0 Å². The van der Waals surface area contributed by atoms with Crippen LogP contribution in [0.25, 0.3) is 0 Å². The van der Waals surface area contributed by atoms with Crippen LogP contribution in [-0.2, 0) is 16.0 Å². The molecule has 3 saturated heterocycles. The van der Waals surface area contributed by atoms with E-state index in [1.54, 1.807) is 6.92 Å². The van der Waals surface area contributed by atoms with Gasteiger partial charge in [0.25, 0.3) is 0 Å². The third kappa shape index (κ3) is 5.23. The number of carbonyl (C=O) groups excluding carboxylic acids is 2. The molecule has 3 aliphatic rings. The number of amides is 2. The van der Waals surface area contributed by atoms with Crippen LogP contribution in [0.3, 0.4) is 0 Å². The zero-order chi connectivity index (χ0) is 20.9. The molecule has 0 radical (unpaired) electrons.